The molecule has 2 aromatic rings. The molecule has 4 aliphatic rings. The number of carbonyl (C=O) groups is 2. The van der Waals surface area contributed by atoms with Crippen molar-refractivity contribution in [3.63, 3.8) is 0 Å². The fraction of sp³-hybridized carbons (Fsp3) is 0.500. The van der Waals surface area contributed by atoms with Gasteiger partial charge in [0, 0.05) is 37.9 Å². The lowest BCUT2D eigenvalue weighted by Gasteiger charge is -2.59. The predicted octanol–water partition coefficient (Wildman–Crippen LogP) is 2.94. The molecule has 10 heteroatoms. The minimum atomic E-state index is -3.77. The SMILES string of the molecule is O=C1CCC2(O1)[C@H](O)C[C@@H]1CCN(S(=O)(=O)c3ccccc3)C[C@@]13CCN(C(=O)OCc1ccccc1)[C@@H]23. The topological polar surface area (TPSA) is 113 Å². The zero-order chi connectivity index (χ0) is 26.5. The van der Waals surface area contributed by atoms with Gasteiger partial charge in [-0.1, -0.05) is 48.5 Å². The Balaban J connectivity index is 1.36. The molecule has 3 heterocycles. The van der Waals surface area contributed by atoms with Gasteiger partial charge in [-0.2, -0.15) is 4.31 Å². The molecular formula is C28H32N2O7S. The van der Waals surface area contributed by atoms with Crippen LogP contribution in [0.2, 0.25) is 0 Å². The van der Waals surface area contributed by atoms with Gasteiger partial charge in [0.1, 0.15) is 6.61 Å². The van der Waals surface area contributed by atoms with E-state index >= 15 is 0 Å². The number of sulfonamides is 1. The summed E-state index contributed by atoms with van der Waals surface area (Å²) in [6.45, 7) is 0.936. The predicted molar refractivity (Wildman–Crippen MR) is 136 cm³/mol. The minimum Gasteiger partial charge on any atom is -0.454 e. The highest BCUT2D eigenvalue weighted by molar-refractivity contribution is 7.89. The Morgan fingerprint density at radius 1 is 1.05 bits per heavy atom. The number of ether oxygens (including phenoxy) is 2. The first-order chi connectivity index (χ1) is 18.3. The Hall–Kier alpha value is -2.95. The first-order valence-electron chi connectivity index (χ1n) is 13.2. The van der Waals surface area contributed by atoms with Crippen LogP contribution in [0.5, 0.6) is 0 Å². The van der Waals surface area contributed by atoms with E-state index in [1.165, 1.54) is 4.31 Å². The zero-order valence-corrected chi connectivity index (χ0v) is 21.9. The van der Waals surface area contributed by atoms with Crippen molar-refractivity contribution in [2.24, 2.45) is 11.3 Å². The number of piperidine rings is 1. The lowest BCUT2D eigenvalue weighted by molar-refractivity contribution is -0.205. The molecule has 0 radical (unpaired) electrons. The highest BCUT2D eigenvalue weighted by atomic mass is 32.2. The first-order valence-corrected chi connectivity index (χ1v) is 14.6. The van der Waals surface area contributed by atoms with Gasteiger partial charge < -0.3 is 19.5 Å². The van der Waals surface area contributed by atoms with Crippen LogP contribution < -0.4 is 0 Å². The van der Waals surface area contributed by atoms with Crippen LogP contribution in [0.25, 0.3) is 0 Å². The molecule has 1 saturated carbocycles. The molecule has 1 amide bonds. The maximum Gasteiger partial charge on any atom is 0.410 e. The second-order valence-corrected chi connectivity index (χ2v) is 12.9. The molecule has 5 atom stereocenters. The number of aliphatic hydroxyl groups excluding tert-OH is 1. The highest BCUT2D eigenvalue weighted by Gasteiger charge is 2.71. The number of benzene rings is 2. The molecule has 1 unspecified atom stereocenters. The van der Waals surface area contributed by atoms with Crippen molar-refractivity contribution in [1.29, 1.82) is 0 Å². The summed E-state index contributed by atoms with van der Waals surface area (Å²) in [5, 5.41) is 11.4. The molecule has 0 bridgehead atoms. The Kier molecular flexibility index (Phi) is 6.24. The fourth-order valence-corrected chi connectivity index (χ4v) is 8.92. The van der Waals surface area contributed by atoms with Gasteiger partial charge in [0.15, 0.2) is 5.60 Å². The van der Waals surface area contributed by atoms with Crippen molar-refractivity contribution < 1.29 is 32.6 Å². The Morgan fingerprint density at radius 3 is 2.45 bits per heavy atom. The van der Waals surface area contributed by atoms with Crippen LogP contribution in [0.4, 0.5) is 4.79 Å². The molecule has 4 fully saturated rings. The molecule has 38 heavy (non-hydrogen) atoms. The monoisotopic (exact) mass is 540 g/mol. The third-order valence-corrected chi connectivity index (χ3v) is 10.9. The van der Waals surface area contributed by atoms with E-state index in [4.69, 9.17) is 9.47 Å². The average molecular weight is 541 g/mol. The molecule has 9 nitrogen and oxygen atoms in total. The first kappa shape index (κ1) is 25.3. The van der Waals surface area contributed by atoms with Crippen LogP contribution in [0.1, 0.15) is 37.7 Å². The summed E-state index contributed by atoms with van der Waals surface area (Å²) in [6, 6.07) is 17.0. The number of rotatable bonds is 4. The number of hydrogen-bond acceptors (Lipinski definition) is 7. The quantitative estimate of drug-likeness (QED) is 0.593. The molecule has 2 aromatic carbocycles. The van der Waals surface area contributed by atoms with E-state index in [9.17, 15) is 23.1 Å². The van der Waals surface area contributed by atoms with E-state index in [-0.39, 0.29) is 36.8 Å². The maximum atomic E-state index is 13.6. The molecule has 1 N–H and O–H groups in total. The highest BCUT2D eigenvalue weighted by Crippen LogP contribution is 2.60. The van der Waals surface area contributed by atoms with Crippen LogP contribution in [0.15, 0.2) is 65.6 Å². The van der Waals surface area contributed by atoms with E-state index in [1.807, 2.05) is 30.3 Å². The number of fused-ring (bicyclic) bond motifs is 1. The molecule has 1 aliphatic carbocycles. The Labute approximate surface area is 222 Å². The summed E-state index contributed by atoms with van der Waals surface area (Å²) in [6.07, 6.45) is 0.417. The van der Waals surface area contributed by atoms with Gasteiger partial charge in [0.25, 0.3) is 0 Å². The molecule has 202 valence electrons. The van der Waals surface area contributed by atoms with E-state index in [2.05, 4.69) is 0 Å². The largest absolute Gasteiger partial charge is 0.454 e. The summed E-state index contributed by atoms with van der Waals surface area (Å²) in [5.41, 5.74) is -1.11. The maximum absolute atomic E-state index is 13.6. The summed E-state index contributed by atoms with van der Waals surface area (Å²) >= 11 is 0. The van der Waals surface area contributed by atoms with Gasteiger partial charge >= 0.3 is 12.1 Å². The lowest BCUT2D eigenvalue weighted by atomic mass is 9.54. The van der Waals surface area contributed by atoms with Crippen LogP contribution in [0, 0.1) is 11.3 Å². The van der Waals surface area contributed by atoms with Crippen LogP contribution in [-0.4, -0.2) is 72.2 Å². The Bertz CT molecular complexity index is 1320. The second kappa shape index (κ2) is 9.36. The lowest BCUT2D eigenvalue weighted by Crippen LogP contribution is -2.71. The number of likely N-dealkylation sites (tertiary alicyclic amines) is 1. The molecule has 2 spiro atoms. The second-order valence-electron chi connectivity index (χ2n) is 10.9. The number of esters is 1. The zero-order valence-electron chi connectivity index (χ0n) is 21.1. The summed E-state index contributed by atoms with van der Waals surface area (Å²) in [4.78, 5) is 27.8. The number of aliphatic hydroxyl groups is 1. The third kappa shape index (κ3) is 3.92. The normalized spacial score (nSPS) is 33.0. The fourth-order valence-electron chi connectivity index (χ4n) is 7.36. The van der Waals surface area contributed by atoms with Gasteiger partial charge in [-0.3, -0.25) is 4.79 Å². The summed E-state index contributed by atoms with van der Waals surface area (Å²) in [5.74, 6) is -0.437. The molecule has 0 aromatic heterocycles. The van der Waals surface area contributed by atoms with Gasteiger partial charge in [0.05, 0.1) is 17.0 Å². The number of carbonyl (C=O) groups excluding carboxylic acids is 2. The Morgan fingerprint density at radius 2 is 1.76 bits per heavy atom. The number of nitrogens with zero attached hydrogens (tertiary/aromatic N) is 2. The van der Waals surface area contributed by atoms with Crippen LogP contribution in [-0.2, 0) is 30.9 Å². The third-order valence-electron chi connectivity index (χ3n) is 9.06. The van der Waals surface area contributed by atoms with E-state index < -0.39 is 45.2 Å². The minimum absolute atomic E-state index is 0.0263. The van der Waals surface area contributed by atoms with Crippen LogP contribution >= 0.6 is 0 Å². The van der Waals surface area contributed by atoms with Crippen molar-refractivity contribution in [3.05, 3.63) is 66.2 Å². The van der Waals surface area contributed by atoms with Crippen molar-refractivity contribution in [2.45, 2.75) is 61.4 Å². The van der Waals surface area contributed by atoms with E-state index in [0.717, 1.165) is 5.56 Å². The van der Waals surface area contributed by atoms with Gasteiger partial charge in [-0.05, 0) is 42.9 Å². The van der Waals surface area contributed by atoms with Gasteiger partial charge in [-0.15, -0.1) is 0 Å². The number of amides is 1. The van der Waals surface area contributed by atoms with Crippen molar-refractivity contribution in [3.8, 4) is 0 Å². The summed E-state index contributed by atoms with van der Waals surface area (Å²) in [7, 11) is -3.77. The van der Waals surface area contributed by atoms with E-state index in [1.54, 1.807) is 35.2 Å². The van der Waals surface area contributed by atoms with Gasteiger partial charge in [-0.25, -0.2) is 13.2 Å². The van der Waals surface area contributed by atoms with Crippen molar-refractivity contribution in [1.82, 2.24) is 9.21 Å². The molecule has 3 saturated heterocycles. The number of hydrogen-bond donors (Lipinski definition) is 1. The van der Waals surface area contributed by atoms with Crippen LogP contribution in [0.3, 0.4) is 0 Å². The standard InChI is InChI=1S/C28H32N2O7S/c31-23-17-21-12-15-29(38(34,35)22-9-5-2-6-10-22)19-27(21)14-16-30(25(27)28(23)13-11-24(32)37-28)26(33)36-18-20-7-3-1-4-8-20/h1-10,21,23,25,31H,11-19H2/t21-,23+,25+,27-,28?/m0/s1. The molecule has 6 rings (SSSR count). The summed E-state index contributed by atoms with van der Waals surface area (Å²) < 4.78 is 40.4. The van der Waals surface area contributed by atoms with Crippen molar-refractivity contribution >= 4 is 22.1 Å². The molecular weight excluding hydrogens is 508 g/mol. The molecule has 3 aliphatic heterocycles. The average Bonchev–Trinajstić information content (AvgIpc) is 3.51. The van der Waals surface area contributed by atoms with E-state index in [0.29, 0.717) is 32.4 Å². The van der Waals surface area contributed by atoms with Crippen molar-refractivity contribution in [2.75, 3.05) is 19.6 Å². The van der Waals surface area contributed by atoms with Gasteiger partial charge in [0.2, 0.25) is 10.0 Å². The smallest absolute Gasteiger partial charge is 0.410 e.